The van der Waals surface area contributed by atoms with Crippen LogP contribution in [0, 0.1) is 11.8 Å². The van der Waals surface area contributed by atoms with E-state index in [-0.39, 0.29) is 0 Å². The second-order valence-electron chi connectivity index (χ2n) is 7.79. The van der Waals surface area contributed by atoms with Crippen LogP contribution in [-0.2, 0) is 12.3 Å². The Kier molecular flexibility index (Phi) is 6.08. The molecule has 0 bridgehead atoms. The lowest BCUT2D eigenvalue weighted by Gasteiger charge is -2.35. The van der Waals surface area contributed by atoms with Crippen LogP contribution < -0.4 is 9.64 Å². The molecule has 3 aromatic heterocycles. The van der Waals surface area contributed by atoms with Crippen LogP contribution in [-0.4, -0.2) is 39.9 Å². The fourth-order valence-electron chi connectivity index (χ4n) is 3.94. The largest absolute Gasteiger partial charge is 0.481 e. The number of rotatable bonds is 7. The van der Waals surface area contributed by atoms with Crippen molar-refractivity contribution in [2.24, 2.45) is 11.8 Å². The lowest BCUT2D eigenvalue weighted by Crippen LogP contribution is -2.40. The molecule has 0 aliphatic carbocycles. The van der Waals surface area contributed by atoms with Crippen LogP contribution in [0.25, 0.3) is 0 Å². The SMILES string of the molecule is COc1cc(CSc2nnc(N3C[C@@H](C)C[C@H](C)C3)n2Cc2ccco2)ccn1. The predicted molar refractivity (Wildman–Crippen MR) is 113 cm³/mol. The highest BCUT2D eigenvalue weighted by Gasteiger charge is 2.27. The normalized spacial score (nSPS) is 19.5. The van der Waals surface area contributed by atoms with Crippen LogP contribution in [0.4, 0.5) is 5.95 Å². The Hall–Kier alpha value is -2.48. The maximum absolute atomic E-state index is 5.61. The predicted octanol–water partition coefficient (Wildman–Crippen LogP) is 4.10. The zero-order chi connectivity index (χ0) is 20.2. The fraction of sp³-hybridized carbons (Fsp3) is 0.476. The van der Waals surface area contributed by atoms with Gasteiger partial charge in [0.05, 0.1) is 19.9 Å². The van der Waals surface area contributed by atoms with Gasteiger partial charge in [-0.15, -0.1) is 10.2 Å². The molecule has 1 aliphatic rings. The third-order valence-corrected chi connectivity index (χ3v) is 6.16. The minimum absolute atomic E-state index is 0.622. The molecule has 0 spiro atoms. The molecule has 0 saturated carbocycles. The van der Waals surface area contributed by atoms with E-state index in [1.165, 1.54) is 6.42 Å². The third kappa shape index (κ3) is 4.75. The molecule has 4 rings (SSSR count). The summed E-state index contributed by atoms with van der Waals surface area (Å²) in [7, 11) is 1.63. The Balaban J connectivity index is 1.58. The first kappa shape index (κ1) is 19.8. The number of pyridine rings is 1. The van der Waals surface area contributed by atoms with Gasteiger partial charge in [0.25, 0.3) is 0 Å². The summed E-state index contributed by atoms with van der Waals surface area (Å²) in [6, 6.07) is 7.86. The van der Waals surface area contributed by atoms with Crippen LogP contribution in [0.5, 0.6) is 5.88 Å². The number of furan rings is 1. The van der Waals surface area contributed by atoms with Gasteiger partial charge in [0, 0.05) is 31.1 Å². The minimum atomic E-state index is 0.622. The number of hydrogen-bond donors (Lipinski definition) is 0. The van der Waals surface area contributed by atoms with E-state index in [0.717, 1.165) is 41.3 Å². The highest BCUT2D eigenvalue weighted by molar-refractivity contribution is 7.98. The molecular formula is C21H27N5O2S. The highest BCUT2D eigenvalue weighted by atomic mass is 32.2. The smallest absolute Gasteiger partial charge is 0.228 e. The van der Waals surface area contributed by atoms with Crippen molar-refractivity contribution in [2.75, 3.05) is 25.1 Å². The van der Waals surface area contributed by atoms with Gasteiger partial charge >= 0.3 is 0 Å². The van der Waals surface area contributed by atoms with Gasteiger partial charge in [-0.1, -0.05) is 25.6 Å². The molecule has 0 unspecified atom stereocenters. The standard InChI is InChI=1S/C21H27N5O2S/c1-15-9-16(2)12-25(11-15)20-23-24-21(26(20)13-18-5-4-8-28-18)29-14-17-6-7-22-19(10-17)27-3/h4-8,10,15-16H,9,11-14H2,1-3H3/t15-,16-/m0/s1. The first-order valence-electron chi connectivity index (χ1n) is 9.94. The van der Waals surface area contributed by atoms with Crippen LogP contribution in [0.1, 0.15) is 31.6 Å². The Morgan fingerprint density at radius 1 is 1.21 bits per heavy atom. The van der Waals surface area contributed by atoms with Gasteiger partial charge in [-0.25, -0.2) is 4.98 Å². The van der Waals surface area contributed by atoms with Gasteiger partial charge in [-0.05, 0) is 42.0 Å². The monoisotopic (exact) mass is 413 g/mol. The van der Waals surface area contributed by atoms with Crippen molar-refractivity contribution in [2.45, 2.75) is 37.7 Å². The Labute approximate surface area is 175 Å². The molecule has 1 saturated heterocycles. The maximum Gasteiger partial charge on any atom is 0.228 e. The first-order valence-corrected chi connectivity index (χ1v) is 10.9. The van der Waals surface area contributed by atoms with Gasteiger partial charge < -0.3 is 14.1 Å². The van der Waals surface area contributed by atoms with E-state index in [4.69, 9.17) is 9.15 Å². The van der Waals surface area contributed by atoms with Crippen molar-refractivity contribution in [1.29, 1.82) is 0 Å². The topological polar surface area (TPSA) is 69.2 Å². The molecule has 29 heavy (non-hydrogen) atoms. The summed E-state index contributed by atoms with van der Waals surface area (Å²) in [5.74, 6) is 4.51. The number of hydrogen-bond acceptors (Lipinski definition) is 7. The van der Waals surface area contributed by atoms with Crippen molar-refractivity contribution in [3.05, 3.63) is 48.0 Å². The summed E-state index contributed by atoms with van der Waals surface area (Å²) in [6.07, 6.45) is 4.74. The number of aromatic nitrogens is 4. The van der Waals surface area contributed by atoms with Crippen LogP contribution in [0.15, 0.2) is 46.3 Å². The van der Waals surface area contributed by atoms with Crippen molar-refractivity contribution in [1.82, 2.24) is 19.7 Å². The average molecular weight is 414 g/mol. The lowest BCUT2D eigenvalue weighted by molar-refractivity contribution is 0.350. The summed E-state index contributed by atoms with van der Waals surface area (Å²) < 4.78 is 13.0. The summed E-state index contributed by atoms with van der Waals surface area (Å²) >= 11 is 1.67. The Morgan fingerprint density at radius 3 is 2.76 bits per heavy atom. The number of nitrogens with zero attached hydrogens (tertiary/aromatic N) is 5. The number of methoxy groups -OCH3 is 1. The van der Waals surface area contributed by atoms with Crippen LogP contribution in [0.3, 0.4) is 0 Å². The zero-order valence-corrected chi connectivity index (χ0v) is 17.9. The Morgan fingerprint density at radius 2 is 2.03 bits per heavy atom. The van der Waals surface area contributed by atoms with Crippen molar-refractivity contribution in [3.8, 4) is 5.88 Å². The second-order valence-corrected chi connectivity index (χ2v) is 8.74. The van der Waals surface area contributed by atoms with Crippen LogP contribution in [0.2, 0.25) is 0 Å². The number of anilines is 1. The molecule has 3 aromatic rings. The van der Waals surface area contributed by atoms with E-state index >= 15 is 0 Å². The molecular weight excluding hydrogens is 386 g/mol. The Bertz CT molecular complexity index is 917. The van der Waals surface area contributed by atoms with E-state index in [1.807, 2.05) is 24.3 Å². The quantitative estimate of drug-likeness (QED) is 0.540. The highest BCUT2D eigenvalue weighted by Crippen LogP contribution is 2.30. The first-order chi connectivity index (χ1) is 14.1. The molecule has 0 amide bonds. The summed E-state index contributed by atoms with van der Waals surface area (Å²) in [6.45, 7) is 7.25. The maximum atomic E-state index is 5.61. The second kappa shape index (κ2) is 8.90. The molecule has 8 heteroatoms. The van der Waals surface area contributed by atoms with E-state index < -0.39 is 0 Å². The van der Waals surface area contributed by atoms with Crippen molar-refractivity contribution in [3.63, 3.8) is 0 Å². The molecule has 1 fully saturated rings. The molecule has 1 aliphatic heterocycles. The number of ether oxygens (including phenoxy) is 1. The number of thioether (sulfide) groups is 1. The molecule has 0 radical (unpaired) electrons. The van der Waals surface area contributed by atoms with Gasteiger partial charge in [0.2, 0.25) is 11.8 Å². The average Bonchev–Trinajstić information content (AvgIpc) is 3.36. The molecule has 0 N–H and O–H groups in total. The van der Waals surface area contributed by atoms with E-state index in [2.05, 4.69) is 38.5 Å². The van der Waals surface area contributed by atoms with Gasteiger partial charge in [0.15, 0.2) is 5.16 Å². The molecule has 4 heterocycles. The van der Waals surface area contributed by atoms with Gasteiger partial charge in [0.1, 0.15) is 5.76 Å². The lowest BCUT2D eigenvalue weighted by atomic mass is 9.92. The minimum Gasteiger partial charge on any atom is -0.481 e. The summed E-state index contributed by atoms with van der Waals surface area (Å²) in [5.41, 5.74) is 1.14. The molecule has 7 nitrogen and oxygen atoms in total. The number of piperidine rings is 1. The van der Waals surface area contributed by atoms with E-state index in [9.17, 15) is 0 Å². The molecule has 0 aromatic carbocycles. The van der Waals surface area contributed by atoms with E-state index in [1.54, 1.807) is 31.3 Å². The van der Waals surface area contributed by atoms with Crippen molar-refractivity contribution >= 4 is 17.7 Å². The van der Waals surface area contributed by atoms with E-state index in [0.29, 0.717) is 24.3 Å². The molecule has 154 valence electrons. The van der Waals surface area contributed by atoms with Crippen LogP contribution >= 0.6 is 11.8 Å². The fourth-order valence-corrected chi connectivity index (χ4v) is 4.82. The summed E-state index contributed by atoms with van der Waals surface area (Å²) in [5, 5.41) is 9.99. The van der Waals surface area contributed by atoms with Gasteiger partial charge in [-0.2, -0.15) is 0 Å². The third-order valence-electron chi connectivity index (χ3n) is 5.12. The van der Waals surface area contributed by atoms with Crippen molar-refractivity contribution < 1.29 is 9.15 Å². The zero-order valence-electron chi connectivity index (χ0n) is 17.1. The molecule has 2 atom stereocenters. The summed E-state index contributed by atoms with van der Waals surface area (Å²) in [4.78, 5) is 6.55. The van der Waals surface area contributed by atoms with Gasteiger partial charge in [-0.3, -0.25) is 4.57 Å².